The Bertz CT molecular complexity index is 1190. The molecule has 0 radical (unpaired) electrons. The van der Waals surface area contributed by atoms with Crippen molar-refractivity contribution in [2.75, 3.05) is 51.0 Å². The fourth-order valence-electron chi connectivity index (χ4n) is 3.76. The first-order valence-corrected chi connectivity index (χ1v) is 11.9. The molecular formula is C26H27N3O3S. The molecule has 2 heterocycles. The van der Waals surface area contributed by atoms with Crippen LogP contribution in [0.5, 0.6) is 0 Å². The number of hydrogen-bond donors (Lipinski definition) is 1. The molecule has 0 saturated carbocycles. The molecule has 0 unspecified atom stereocenters. The normalized spacial score (nSPS) is 14.3. The number of rotatable bonds is 8. The second-order valence-electron chi connectivity index (χ2n) is 7.67. The Hall–Kier alpha value is -3.18. The summed E-state index contributed by atoms with van der Waals surface area (Å²) in [4.78, 5) is 16.6. The SMILES string of the molecule is CCOCCNC(=O)/C(C#N)=C/c1ccc(-c2ccc3cc(N4CCOCC4)ccc3c2)s1. The molecule has 2 aromatic carbocycles. The zero-order chi connectivity index (χ0) is 23.0. The molecule has 3 aromatic rings. The number of thiophene rings is 1. The van der Waals surface area contributed by atoms with Crippen molar-refractivity contribution in [2.24, 2.45) is 0 Å². The molecule has 33 heavy (non-hydrogen) atoms. The molecule has 1 aromatic heterocycles. The molecule has 0 spiro atoms. The van der Waals surface area contributed by atoms with Crippen molar-refractivity contribution in [2.45, 2.75) is 6.92 Å². The summed E-state index contributed by atoms with van der Waals surface area (Å²) in [6, 6.07) is 19.0. The number of nitriles is 1. The predicted octanol–water partition coefficient (Wildman–Crippen LogP) is 4.46. The molecule has 0 atom stereocenters. The van der Waals surface area contributed by atoms with E-state index in [1.807, 2.05) is 25.1 Å². The summed E-state index contributed by atoms with van der Waals surface area (Å²) >= 11 is 1.56. The number of anilines is 1. The van der Waals surface area contributed by atoms with Crippen LogP contribution in [0.3, 0.4) is 0 Å². The van der Waals surface area contributed by atoms with Crippen molar-refractivity contribution in [1.82, 2.24) is 5.32 Å². The summed E-state index contributed by atoms with van der Waals surface area (Å²) in [5.41, 5.74) is 2.44. The molecule has 0 bridgehead atoms. The summed E-state index contributed by atoms with van der Waals surface area (Å²) in [7, 11) is 0. The van der Waals surface area contributed by atoms with E-state index in [1.165, 1.54) is 16.5 Å². The van der Waals surface area contributed by atoms with Gasteiger partial charge in [0.1, 0.15) is 11.6 Å². The summed E-state index contributed by atoms with van der Waals surface area (Å²) < 4.78 is 10.7. The molecule has 1 saturated heterocycles. The molecule has 1 amide bonds. The van der Waals surface area contributed by atoms with Crippen molar-refractivity contribution >= 4 is 39.8 Å². The van der Waals surface area contributed by atoms with E-state index in [-0.39, 0.29) is 11.5 Å². The van der Waals surface area contributed by atoms with Crippen LogP contribution < -0.4 is 10.2 Å². The van der Waals surface area contributed by atoms with Crippen LogP contribution in [0.25, 0.3) is 27.3 Å². The summed E-state index contributed by atoms with van der Waals surface area (Å²) in [6.07, 6.45) is 1.64. The van der Waals surface area contributed by atoms with Crippen molar-refractivity contribution in [3.63, 3.8) is 0 Å². The van der Waals surface area contributed by atoms with E-state index < -0.39 is 0 Å². The average molecular weight is 462 g/mol. The van der Waals surface area contributed by atoms with Crippen LogP contribution in [0.4, 0.5) is 5.69 Å². The third-order valence-electron chi connectivity index (χ3n) is 5.50. The third kappa shape index (κ3) is 5.79. The smallest absolute Gasteiger partial charge is 0.262 e. The van der Waals surface area contributed by atoms with Gasteiger partial charge < -0.3 is 19.7 Å². The second-order valence-corrected chi connectivity index (χ2v) is 8.79. The van der Waals surface area contributed by atoms with E-state index >= 15 is 0 Å². The molecular weight excluding hydrogens is 434 g/mol. The van der Waals surface area contributed by atoms with Crippen LogP contribution in [0, 0.1) is 11.3 Å². The van der Waals surface area contributed by atoms with Gasteiger partial charge in [-0.15, -0.1) is 11.3 Å². The van der Waals surface area contributed by atoms with Gasteiger partial charge in [-0.2, -0.15) is 5.26 Å². The second kappa shape index (κ2) is 11.1. The Morgan fingerprint density at radius 2 is 1.97 bits per heavy atom. The minimum absolute atomic E-state index is 0.0917. The zero-order valence-corrected chi connectivity index (χ0v) is 19.5. The van der Waals surface area contributed by atoms with E-state index in [0.29, 0.717) is 19.8 Å². The van der Waals surface area contributed by atoms with Crippen molar-refractivity contribution in [3.05, 3.63) is 59.0 Å². The number of nitrogens with zero attached hydrogens (tertiary/aromatic N) is 2. The Labute approximate surface area is 198 Å². The number of fused-ring (bicyclic) bond motifs is 1. The Morgan fingerprint density at radius 3 is 2.76 bits per heavy atom. The highest BCUT2D eigenvalue weighted by Gasteiger charge is 2.13. The van der Waals surface area contributed by atoms with Gasteiger partial charge in [0.2, 0.25) is 0 Å². The summed E-state index contributed by atoms with van der Waals surface area (Å²) in [6.45, 7) is 6.69. The Morgan fingerprint density at radius 1 is 1.18 bits per heavy atom. The first-order chi connectivity index (χ1) is 16.2. The van der Waals surface area contributed by atoms with Gasteiger partial charge in [0.15, 0.2) is 0 Å². The highest BCUT2D eigenvalue weighted by Crippen LogP contribution is 2.32. The van der Waals surface area contributed by atoms with Gasteiger partial charge >= 0.3 is 0 Å². The van der Waals surface area contributed by atoms with Crippen molar-refractivity contribution in [1.29, 1.82) is 5.26 Å². The van der Waals surface area contributed by atoms with Crippen LogP contribution in [0.1, 0.15) is 11.8 Å². The highest BCUT2D eigenvalue weighted by molar-refractivity contribution is 7.16. The number of carbonyl (C=O) groups is 1. The van der Waals surface area contributed by atoms with E-state index in [4.69, 9.17) is 9.47 Å². The Balaban J connectivity index is 1.49. The van der Waals surface area contributed by atoms with Gasteiger partial charge in [0, 0.05) is 41.7 Å². The number of carbonyl (C=O) groups excluding carboxylic acids is 1. The fraction of sp³-hybridized carbons (Fsp3) is 0.308. The maximum Gasteiger partial charge on any atom is 0.262 e. The summed E-state index contributed by atoms with van der Waals surface area (Å²) in [5.74, 6) is -0.381. The largest absolute Gasteiger partial charge is 0.380 e. The zero-order valence-electron chi connectivity index (χ0n) is 18.7. The van der Waals surface area contributed by atoms with Crippen LogP contribution >= 0.6 is 11.3 Å². The quantitative estimate of drug-likeness (QED) is 0.304. The lowest BCUT2D eigenvalue weighted by Gasteiger charge is -2.29. The topological polar surface area (TPSA) is 74.6 Å². The van der Waals surface area contributed by atoms with Gasteiger partial charge in [-0.25, -0.2) is 0 Å². The molecule has 7 heteroatoms. The summed E-state index contributed by atoms with van der Waals surface area (Å²) in [5, 5.41) is 14.5. The standard InChI is InChI=1S/C26H27N3O3S/c1-2-31-12-9-28-26(30)22(18-27)17-24-7-8-25(33-24)21-4-3-20-16-23(6-5-19(20)15-21)29-10-13-32-14-11-29/h3-8,15-17H,2,9-14H2,1H3,(H,28,30)/b22-17+. The van der Waals surface area contributed by atoms with Crippen LogP contribution in [-0.4, -0.2) is 52.0 Å². The number of nitrogens with one attached hydrogen (secondary N) is 1. The first-order valence-electron chi connectivity index (χ1n) is 11.1. The van der Waals surface area contributed by atoms with Crippen molar-refractivity contribution < 1.29 is 14.3 Å². The number of amides is 1. The van der Waals surface area contributed by atoms with Gasteiger partial charge in [-0.05, 0) is 59.7 Å². The molecule has 1 aliphatic heterocycles. The minimum atomic E-state index is -0.381. The van der Waals surface area contributed by atoms with E-state index in [1.54, 1.807) is 17.4 Å². The lowest BCUT2D eigenvalue weighted by molar-refractivity contribution is -0.117. The lowest BCUT2D eigenvalue weighted by Crippen LogP contribution is -2.36. The van der Waals surface area contributed by atoms with E-state index in [2.05, 4.69) is 46.6 Å². The van der Waals surface area contributed by atoms with Gasteiger partial charge in [0.05, 0.1) is 19.8 Å². The third-order valence-corrected chi connectivity index (χ3v) is 6.58. The minimum Gasteiger partial charge on any atom is -0.380 e. The Kier molecular flexibility index (Phi) is 7.74. The molecule has 6 nitrogen and oxygen atoms in total. The molecule has 1 aliphatic rings. The number of benzene rings is 2. The van der Waals surface area contributed by atoms with Crippen molar-refractivity contribution in [3.8, 4) is 16.5 Å². The number of hydrogen-bond acceptors (Lipinski definition) is 6. The monoisotopic (exact) mass is 461 g/mol. The first kappa shape index (κ1) is 23.0. The number of morpholine rings is 1. The maximum atomic E-state index is 12.2. The van der Waals surface area contributed by atoms with E-state index in [0.717, 1.165) is 41.6 Å². The van der Waals surface area contributed by atoms with Crippen LogP contribution in [0.15, 0.2) is 54.1 Å². The predicted molar refractivity (Wildman–Crippen MR) is 133 cm³/mol. The highest BCUT2D eigenvalue weighted by atomic mass is 32.1. The molecule has 170 valence electrons. The van der Waals surface area contributed by atoms with Gasteiger partial charge in [-0.1, -0.05) is 18.2 Å². The molecule has 4 rings (SSSR count). The van der Waals surface area contributed by atoms with Gasteiger partial charge in [-0.3, -0.25) is 4.79 Å². The van der Waals surface area contributed by atoms with Crippen LogP contribution in [0.2, 0.25) is 0 Å². The van der Waals surface area contributed by atoms with Gasteiger partial charge in [0.25, 0.3) is 5.91 Å². The number of ether oxygens (including phenoxy) is 2. The molecule has 0 aliphatic carbocycles. The van der Waals surface area contributed by atoms with E-state index in [9.17, 15) is 10.1 Å². The molecule has 1 fully saturated rings. The molecule has 1 N–H and O–H groups in total. The maximum absolute atomic E-state index is 12.2. The lowest BCUT2D eigenvalue weighted by atomic mass is 10.0. The average Bonchev–Trinajstić information content (AvgIpc) is 3.33. The fourth-order valence-corrected chi connectivity index (χ4v) is 4.71. The van der Waals surface area contributed by atoms with Crippen LogP contribution in [-0.2, 0) is 14.3 Å².